The molecule has 0 spiro atoms. The number of ether oxygens (including phenoxy) is 2. The van der Waals surface area contributed by atoms with Gasteiger partial charge >= 0.3 is 0 Å². The molecule has 7 heteroatoms. The monoisotopic (exact) mass is 577 g/mol. The van der Waals surface area contributed by atoms with E-state index in [2.05, 4.69) is 129 Å². The van der Waals surface area contributed by atoms with Gasteiger partial charge in [-0.05, 0) is 72.9 Å². The van der Waals surface area contributed by atoms with Crippen LogP contribution in [0, 0.1) is 124 Å². The number of hydrogen-bond acceptors (Lipinski definition) is 4. The first-order chi connectivity index (χ1) is 17.6. The van der Waals surface area contributed by atoms with E-state index in [0.717, 1.165) is 0 Å². The molecule has 0 aromatic carbocycles. The van der Waals surface area contributed by atoms with Gasteiger partial charge < -0.3 is 19.9 Å². The summed E-state index contributed by atoms with van der Waals surface area (Å²) in [5, 5.41) is 16.4. The summed E-state index contributed by atoms with van der Waals surface area (Å²) in [5.41, 5.74) is 0. The summed E-state index contributed by atoms with van der Waals surface area (Å²) in [7, 11) is 3.15. The van der Waals surface area contributed by atoms with E-state index >= 15 is 0 Å². The summed E-state index contributed by atoms with van der Waals surface area (Å²) >= 11 is 5.22. The van der Waals surface area contributed by atoms with E-state index in [1.165, 1.54) is 0 Å². The summed E-state index contributed by atoms with van der Waals surface area (Å²) in [5.74, 6) is 48.1. The minimum atomic E-state index is -0.634. The van der Waals surface area contributed by atoms with Crippen LogP contribution in [0.2, 0.25) is 0 Å². The number of rotatable bonds is 4. The predicted octanol–water partition coefficient (Wildman–Crippen LogP) is -0.130. The van der Waals surface area contributed by atoms with Crippen LogP contribution in [0.1, 0.15) is 13.3 Å². The Hall–Kier alpha value is -3.73. The van der Waals surface area contributed by atoms with Gasteiger partial charge in [-0.2, -0.15) is 0 Å². The molecule has 0 heterocycles. The zero-order chi connectivity index (χ0) is 26.3. The molecule has 37 heavy (non-hydrogen) atoms. The van der Waals surface area contributed by atoms with Crippen molar-refractivity contribution in [1.82, 2.24) is 10.6 Å². The average Bonchev–Trinajstić information content (AvgIpc) is 3.16. The topological polar surface area (TPSA) is 62.8 Å². The Morgan fingerprint density at radius 1 is 0.784 bits per heavy atom. The molecule has 5 nitrogen and oxygen atoms in total. The molecule has 177 valence electrons. The molecular formula is C30H20N2O3SY. The van der Waals surface area contributed by atoms with Crippen molar-refractivity contribution in [2.45, 2.75) is 31.6 Å². The van der Waals surface area contributed by atoms with Crippen LogP contribution in [0.4, 0.5) is 0 Å². The van der Waals surface area contributed by atoms with Gasteiger partial charge in [-0.15, -0.1) is 0 Å². The van der Waals surface area contributed by atoms with Crippen LogP contribution in [0.25, 0.3) is 0 Å². The molecule has 3 N–H and O–H groups in total. The van der Waals surface area contributed by atoms with Gasteiger partial charge in [0, 0.05) is 118 Å². The second kappa shape index (κ2) is 22.7. The molecule has 1 radical (unpaired) electrons. The molecule has 0 saturated heterocycles. The first-order valence-corrected chi connectivity index (χ1v) is 10.7. The normalized spacial score (nSPS) is 16.8. The number of nitrogens with one attached hydrogen (secondary N) is 2. The molecule has 1 rings (SSSR count). The van der Waals surface area contributed by atoms with Crippen LogP contribution in [-0.4, -0.2) is 49.3 Å². The largest absolute Gasteiger partial charge is 0.390 e. The fourth-order valence-corrected chi connectivity index (χ4v) is 3.02. The van der Waals surface area contributed by atoms with Gasteiger partial charge in [-0.25, -0.2) is 0 Å². The maximum absolute atomic E-state index is 10.3. The maximum Gasteiger partial charge on any atom is 0.178 e. The molecule has 1 saturated carbocycles. The van der Waals surface area contributed by atoms with Gasteiger partial charge in [0.2, 0.25) is 0 Å². The second-order valence-corrected chi connectivity index (χ2v) is 6.88. The molecule has 0 bridgehead atoms. The zero-order valence-electron chi connectivity index (χ0n) is 20.5. The van der Waals surface area contributed by atoms with Gasteiger partial charge in [-0.1, -0.05) is 5.92 Å². The molecule has 0 aromatic rings. The molecule has 1 aliphatic carbocycles. The molecule has 0 aliphatic heterocycles. The first-order valence-electron chi connectivity index (χ1n) is 10.3. The van der Waals surface area contributed by atoms with Crippen LogP contribution in [0.5, 0.6) is 0 Å². The van der Waals surface area contributed by atoms with Crippen molar-refractivity contribution < 1.29 is 47.3 Å². The van der Waals surface area contributed by atoms with Crippen molar-refractivity contribution >= 4 is 17.3 Å². The third-order valence-corrected chi connectivity index (χ3v) is 4.39. The van der Waals surface area contributed by atoms with Crippen molar-refractivity contribution in [3.63, 3.8) is 0 Å². The van der Waals surface area contributed by atoms with E-state index in [1.807, 2.05) is 0 Å². The Kier molecular flexibility index (Phi) is 20.4. The minimum absolute atomic E-state index is 0. The third-order valence-electron chi connectivity index (χ3n) is 4.17. The van der Waals surface area contributed by atoms with Crippen LogP contribution >= 0.6 is 12.2 Å². The van der Waals surface area contributed by atoms with Crippen molar-refractivity contribution in [1.29, 1.82) is 0 Å². The van der Waals surface area contributed by atoms with Gasteiger partial charge in [0.1, 0.15) is 6.10 Å². The van der Waals surface area contributed by atoms with E-state index in [9.17, 15) is 5.11 Å². The van der Waals surface area contributed by atoms with Crippen molar-refractivity contribution in [2.24, 2.45) is 5.92 Å². The van der Waals surface area contributed by atoms with Crippen LogP contribution in [-0.2, 0) is 42.2 Å². The number of aliphatic hydroxyl groups excluding tert-OH is 1. The molecule has 1 aliphatic rings. The van der Waals surface area contributed by atoms with Crippen molar-refractivity contribution in [3.05, 3.63) is 0 Å². The Labute approximate surface area is 250 Å². The SMILES string of the molecule is CC#CC#CC#CC#CC#CC#CC#CC#CC#CC#CNC(=S)N[C@H]1C[C@H](COC)C(O)[C@@H]1OC.[Y]. The number of aliphatic hydroxyl groups is 1. The molecule has 4 atom stereocenters. The Morgan fingerprint density at radius 2 is 1.22 bits per heavy atom. The molecular weight excluding hydrogens is 557 g/mol. The Balaban J connectivity index is 0.0000130. The number of methoxy groups -OCH3 is 2. The summed E-state index contributed by atoms with van der Waals surface area (Å²) in [6, 6.07) is 2.46. The first kappa shape index (κ1) is 33.3. The zero-order valence-corrected chi connectivity index (χ0v) is 24.1. The number of thiocarbonyl (C=S) groups is 1. The Morgan fingerprint density at radius 3 is 1.62 bits per heavy atom. The molecule has 1 fully saturated rings. The standard InChI is InChI=1S/C30H20N2O3S.Y/c1-4-5-6-7-8-9-10-11-12-13-14-15-16-17-18-19-20-21-22-23-31-30(36)32-27-24-26(25-34-2)28(33)29(27)35-3;/h26-29,33H,24-25H2,1-3H3,(H2,31,32,36);/t26-,27+,28?,29-;/m1./s1. The van der Waals surface area contributed by atoms with Crippen LogP contribution < -0.4 is 10.6 Å². The third kappa shape index (κ3) is 15.8. The summed E-state index contributed by atoms with van der Waals surface area (Å²) < 4.78 is 10.5. The smallest absolute Gasteiger partial charge is 0.178 e. The van der Waals surface area contributed by atoms with Gasteiger partial charge in [0.15, 0.2) is 5.11 Å². The fraction of sp³-hybridized carbons (Fsp3) is 0.300. The predicted molar refractivity (Wildman–Crippen MR) is 143 cm³/mol. The summed E-state index contributed by atoms with van der Waals surface area (Å²) in [6.45, 7) is 2.14. The van der Waals surface area contributed by atoms with Crippen molar-refractivity contribution in [3.8, 4) is 119 Å². The maximum atomic E-state index is 10.3. The summed E-state index contributed by atoms with van der Waals surface area (Å²) in [4.78, 5) is 0. The van der Waals surface area contributed by atoms with E-state index in [0.29, 0.717) is 18.1 Å². The average molecular weight is 577 g/mol. The van der Waals surface area contributed by atoms with Crippen LogP contribution in [0.15, 0.2) is 0 Å². The van der Waals surface area contributed by atoms with Crippen LogP contribution in [0.3, 0.4) is 0 Å². The van der Waals surface area contributed by atoms with E-state index in [-0.39, 0.29) is 44.7 Å². The molecule has 1 unspecified atom stereocenters. The molecule has 0 aromatic heterocycles. The Bertz CT molecular complexity index is 1450. The van der Waals surface area contributed by atoms with E-state index < -0.39 is 12.2 Å². The number of hydrogen-bond donors (Lipinski definition) is 3. The second-order valence-electron chi connectivity index (χ2n) is 6.47. The summed E-state index contributed by atoms with van der Waals surface area (Å²) in [6.07, 6.45) is -0.369. The molecule has 0 amide bonds. The quantitative estimate of drug-likeness (QED) is 0.246. The fourth-order valence-electron chi connectivity index (χ4n) is 2.82. The van der Waals surface area contributed by atoms with Gasteiger partial charge in [0.05, 0.1) is 18.8 Å². The van der Waals surface area contributed by atoms with E-state index in [4.69, 9.17) is 21.7 Å². The van der Waals surface area contributed by atoms with Gasteiger partial charge in [-0.3, -0.25) is 5.32 Å². The van der Waals surface area contributed by atoms with Gasteiger partial charge in [0.25, 0.3) is 0 Å². The van der Waals surface area contributed by atoms with Crippen molar-refractivity contribution in [2.75, 3.05) is 20.8 Å². The van der Waals surface area contributed by atoms with E-state index in [1.54, 1.807) is 21.1 Å². The minimum Gasteiger partial charge on any atom is -0.390 e.